The molecule has 0 heterocycles. The van der Waals surface area contributed by atoms with Crippen molar-refractivity contribution in [1.29, 1.82) is 5.26 Å². The zero-order valence-electron chi connectivity index (χ0n) is 13.0. The van der Waals surface area contributed by atoms with Gasteiger partial charge in [0, 0.05) is 5.69 Å². The fourth-order valence-corrected chi connectivity index (χ4v) is 1.95. The number of anilines is 1. The van der Waals surface area contributed by atoms with Crippen LogP contribution in [0, 0.1) is 17.1 Å². The number of hydrogen-bond acceptors (Lipinski definition) is 5. The number of esters is 1. The first-order chi connectivity index (χ1) is 12.0. The monoisotopic (exact) mass is 340 g/mol. The van der Waals surface area contributed by atoms with Crippen LogP contribution < -0.4 is 5.32 Å². The van der Waals surface area contributed by atoms with Gasteiger partial charge in [0.05, 0.1) is 17.2 Å². The van der Waals surface area contributed by atoms with E-state index in [1.807, 2.05) is 0 Å². The summed E-state index contributed by atoms with van der Waals surface area (Å²) in [6.07, 6.45) is -0.276. The van der Waals surface area contributed by atoms with Crippen LogP contribution in [-0.4, -0.2) is 24.3 Å². The number of ketones is 1. The molecule has 0 unspecified atom stereocenters. The van der Waals surface area contributed by atoms with Crippen LogP contribution >= 0.6 is 0 Å². The minimum Gasteiger partial charge on any atom is -0.454 e. The SMILES string of the molecule is N#CCC(=O)Nc1ccc(C(=O)OCC(=O)c2ccccc2F)cc1. The lowest BCUT2D eigenvalue weighted by atomic mass is 10.1. The van der Waals surface area contributed by atoms with Crippen molar-refractivity contribution in [2.24, 2.45) is 0 Å². The van der Waals surface area contributed by atoms with Gasteiger partial charge in [0.1, 0.15) is 12.2 Å². The predicted molar refractivity (Wildman–Crippen MR) is 86.3 cm³/mol. The van der Waals surface area contributed by atoms with Crippen LogP contribution in [-0.2, 0) is 9.53 Å². The minimum absolute atomic E-state index is 0.147. The molecular formula is C18H13FN2O4. The quantitative estimate of drug-likeness (QED) is 0.644. The van der Waals surface area contributed by atoms with E-state index in [-0.39, 0.29) is 17.5 Å². The molecule has 0 saturated heterocycles. The third-order valence-electron chi connectivity index (χ3n) is 3.15. The van der Waals surface area contributed by atoms with Gasteiger partial charge in [-0.05, 0) is 36.4 Å². The number of benzene rings is 2. The number of nitrogens with zero attached hydrogens (tertiary/aromatic N) is 1. The Morgan fingerprint density at radius 1 is 1.08 bits per heavy atom. The van der Waals surface area contributed by atoms with Crippen molar-refractivity contribution in [1.82, 2.24) is 0 Å². The Hall–Kier alpha value is -3.53. The van der Waals surface area contributed by atoms with Crippen LogP contribution in [0.2, 0.25) is 0 Å². The van der Waals surface area contributed by atoms with Crippen LogP contribution in [0.25, 0.3) is 0 Å². The smallest absolute Gasteiger partial charge is 0.338 e. The molecule has 0 aliphatic rings. The first-order valence-corrected chi connectivity index (χ1v) is 7.23. The maximum atomic E-state index is 13.5. The van der Waals surface area contributed by atoms with E-state index in [2.05, 4.69) is 5.32 Å². The van der Waals surface area contributed by atoms with Crippen molar-refractivity contribution < 1.29 is 23.5 Å². The number of Topliss-reactive ketones (excluding diaryl/α,β-unsaturated/α-hetero) is 1. The van der Waals surface area contributed by atoms with Gasteiger partial charge in [-0.3, -0.25) is 9.59 Å². The Kier molecular flexibility index (Phi) is 5.96. The van der Waals surface area contributed by atoms with Crippen LogP contribution in [0.15, 0.2) is 48.5 Å². The maximum Gasteiger partial charge on any atom is 0.338 e. The summed E-state index contributed by atoms with van der Waals surface area (Å²) in [6, 6.07) is 12.9. The molecule has 0 fully saturated rings. The van der Waals surface area contributed by atoms with Gasteiger partial charge in [-0.25, -0.2) is 9.18 Å². The first kappa shape index (κ1) is 17.8. The van der Waals surface area contributed by atoms with E-state index in [1.54, 1.807) is 6.07 Å². The summed E-state index contributed by atoms with van der Waals surface area (Å²) < 4.78 is 18.3. The summed E-state index contributed by atoms with van der Waals surface area (Å²) in [5.74, 6) is -2.54. The van der Waals surface area contributed by atoms with Crippen molar-refractivity contribution in [2.45, 2.75) is 6.42 Å². The largest absolute Gasteiger partial charge is 0.454 e. The lowest BCUT2D eigenvalue weighted by Gasteiger charge is -2.06. The van der Waals surface area contributed by atoms with E-state index in [4.69, 9.17) is 10.00 Å². The highest BCUT2D eigenvalue weighted by Gasteiger charge is 2.14. The predicted octanol–water partition coefficient (Wildman–Crippen LogP) is 2.72. The number of carbonyl (C=O) groups is 3. The van der Waals surface area contributed by atoms with Gasteiger partial charge < -0.3 is 10.1 Å². The van der Waals surface area contributed by atoms with Crippen molar-refractivity contribution in [3.63, 3.8) is 0 Å². The van der Waals surface area contributed by atoms with E-state index in [0.29, 0.717) is 5.69 Å². The molecule has 1 amide bonds. The fourth-order valence-electron chi connectivity index (χ4n) is 1.95. The molecule has 2 rings (SSSR count). The molecule has 0 radical (unpaired) electrons. The van der Waals surface area contributed by atoms with Gasteiger partial charge in [0.15, 0.2) is 6.61 Å². The van der Waals surface area contributed by atoms with Gasteiger partial charge in [-0.1, -0.05) is 12.1 Å². The average molecular weight is 340 g/mol. The Labute approximate surface area is 142 Å². The first-order valence-electron chi connectivity index (χ1n) is 7.23. The maximum absolute atomic E-state index is 13.5. The molecular weight excluding hydrogens is 327 g/mol. The third kappa shape index (κ3) is 4.97. The average Bonchev–Trinajstić information content (AvgIpc) is 2.60. The van der Waals surface area contributed by atoms with Gasteiger partial charge in [-0.15, -0.1) is 0 Å². The van der Waals surface area contributed by atoms with Gasteiger partial charge in [-0.2, -0.15) is 5.26 Å². The molecule has 0 spiro atoms. The van der Waals surface area contributed by atoms with Crippen LogP contribution in [0.3, 0.4) is 0 Å². The molecule has 2 aromatic carbocycles. The molecule has 0 atom stereocenters. The molecule has 0 aliphatic heterocycles. The molecule has 2 aromatic rings. The van der Waals surface area contributed by atoms with Crippen molar-refractivity contribution in [3.05, 3.63) is 65.5 Å². The Bertz CT molecular complexity index is 841. The Balaban J connectivity index is 1.93. The highest BCUT2D eigenvalue weighted by molar-refractivity contribution is 5.99. The fraction of sp³-hybridized carbons (Fsp3) is 0.111. The molecule has 6 nitrogen and oxygen atoms in total. The highest BCUT2D eigenvalue weighted by atomic mass is 19.1. The van der Waals surface area contributed by atoms with E-state index in [1.165, 1.54) is 42.5 Å². The number of amides is 1. The van der Waals surface area contributed by atoms with Gasteiger partial charge >= 0.3 is 5.97 Å². The van der Waals surface area contributed by atoms with Crippen molar-refractivity contribution in [3.8, 4) is 6.07 Å². The topological polar surface area (TPSA) is 96.3 Å². The second kappa shape index (κ2) is 8.36. The van der Waals surface area contributed by atoms with Crippen LogP contribution in [0.4, 0.5) is 10.1 Å². The lowest BCUT2D eigenvalue weighted by Crippen LogP contribution is -2.15. The Morgan fingerprint density at radius 3 is 2.40 bits per heavy atom. The van der Waals surface area contributed by atoms with Crippen LogP contribution in [0.5, 0.6) is 0 Å². The molecule has 0 aliphatic carbocycles. The molecule has 7 heteroatoms. The summed E-state index contributed by atoms with van der Waals surface area (Å²) in [7, 11) is 0. The molecule has 0 aromatic heterocycles. The number of nitrogens with one attached hydrogen (secondary N) is 1. The number of hydrogen-bond donors (Lipinski definition) is 1. The zero-order chi connectivity index (χ0) is 18.2. The lowest BCUT2D eigenvalue weighted by molar-refractivity contribution is -0.115. The third-order valence-corrected chi connectivity index (χ3v) is 3.15. The normalized spacial score (nSPS) is 9.76. The second-order valence-corrected chi connectivity index (χ2v) is 4.94. The number of halogens is 1. The van der Waals surface area contributed by atoms with Gasteiger partial charge in [0.2, 0.25) is 11.7 Å². The number of nitriles is 1. The summed E-state index contributed by atoms with van der Waals surface area (Å²) in [6.45, 7) is -0.583. The minimum atomic E-state index is -0.750. The molecule has 0 saturated carbocycles. The van der Waals surface area contributed by atoms with E-state index in [0.717, 1.165) is 6.07 Å². The van der Waals surface area contributed by atoms with E-state index < -0.39 is 30.1 Å². The highest BCUT2D eigenvalue weighted by Crippen LogP contribution is 2.12. The number of carbonyl (C=O) groups excluding carboxylic acids is 3. The van der Waals surface area contributed by atoms with E-state index >= 15 is 0 Å². The molecule has 25 heavy (non-hydrogen) atoms. The summed E-state index contributed by atoms with van der Waals surface area (Å²) in [4.78, 5) is 35.0. The molecule has 0 bridgehead atoms. The van der Waals surface area contributed by atoms with E-state index in [9.17, 15) is 18.8 Å². The summed E-state index contributed by atoms with van der Waals surface area (Å²) in [5, 5.41) is 10.9. The number of ether oxygens (including phenoxy) is 1. The second-order valence-electron chi connectivity index (χ2n) is 4.94. The molecule has 126 valence electrons. The van der Waals surface area contributed by atoms with Crippen molar-refractivity contribution >= 4 is 23.3 Å². The molecule has 1 N–H and O–H groups in total. The number of rotatable bonds is 6. The van der Waals surface area contributed by atoms with Gasteiger partial charge in [0.25, 0.3) is 0 Å². The summed E-state index contributed by atoms with van der Waals surface area (Å²) >= 11 is 0. The Morgan fingerprint density at radius 2 is 1.76 bits per heavy atom. The summed E-state index contributed by atoms with van der Waals surface area (Å²) in [5.41, 5.74) is 0.435. The van der Waals surface area contributed by atoms with Crippen molar-refractivity contribution in [2.75, 3.05) is 11.9 Å². The van der Waals surface area contributed by atoms with Crippen LogP contribution in [0.1, 0.15) is 27.1 Å². The zero-order valence-corrected chi connectivity index (χ0v) is 13.0. The standard InChI is InChI=1S/C18H13FN2O4/c19-15-4-2-1-3-14(15)16(22)11-25-18(24)12-5-7-13(8-6-12)21-17(23)9-10-20/h1-8H,9,11H2,(H,21,23).